The van der Waals surface area contributed by atoms with Gasteiger partial charge in [-0.15, -0.1) is 0 Å². The van der Waals surface area contributed by atoms with Gasteiger partial charge in [-0.25, -0.2) is 0 Å². The summed E-state index contributed by atoms with van der Waals surface area (Å²) in [5.41, 5.74) is 1.09. The quantitative estimate of drug-likeness (QED) is 0.643. The second kappa shape index (κ2) is 8.79. The van der Waals surface area contributed by atoms with Crippen molar-refractivity contribution in [2.24, 2.45) is 0 Å². The average Bonchev–Trinajstić information content (AvgIpc) is 2.68. The molecular weight excluding hydrogens is 352 g/mol. The number of benzene rings is 2. The maximum atomic E-state index is 12.6. The number of hydrogen-bond donors (Lipinski definition) is 3. The molecule has 0 spiro atoms. The molecule has 2 aromatic carbocycles. The molecule has 3 N–H and O–H groups in total. The monoisotopic (exact) mass is 374 g/mol. The number of methoxy groups -OCH3 is 3. The van der Waals surface area contributed by atoms with Crippen molar-refractivity contribution >= 4 is 23.2 Å². The number of rotatable bonds is 7. The van der Waals surface area contributed by atoms with Gasteiger partial charge in [-0.05, 0) is 18.2 Å². The van der Waals surface area contributed by atoms with E-state index >= 15 is 0 Å². The van der Waals surface area contributed by atoms with Gasteiger partial charge in [0.1, 0.15) is 5.75 Å². The Morgan fingerprint density at radius 2 is 1.52 bits per heavy atom. The molecule has 8 nitrogen and oxygen atoms in total. The van der Waals surface area contributed by atoms with E-state index < -0.39 is 5.91 Å². The highest BCUT2D eigenvalue weighted by atomic mass is 16.5. The van der Waals surface area contributed by atoms with Crippen molar-refractivity contribution in [1.82, 2.24) is 0 Å². The number of phenols is 1. The molecule has 0 saturated carbocycles. The Morgan fingerprint density at radius 3 is 2.04 bits per heavy atom. The predicted molar refractivity (Wildman–Crippen MR) is 101 cm³/mol. The Morgan fingerprint density at radius 1 is 0.926 bits per heavy atom. The Bertz CT molecular complexity index is 825. The Kier molecular flexibility index (Phi) is 6.48. The zero-order valence-corrected chi connectivity index (χ0v) is 15.6. The van der Waals surface area contributed by atoms with Crippen LogP contribution in [0.25, 0.3) is 0 Å². The van der Waals surface area contributed by atoms with Crippen molar-refractivity contribution in [3.8, 4) is 23.0 Å². The SMILES string of the molecule is CCC(=O)Nc1cc(C(=O)Nc2cc(OC)c(O)c(OC)c2)ccc1OC. The van der Waals surface area contributed by atoms with Crippen molar-refractivity contribution in [2.75, 3.05) is 32.0 Å². The fourth-order valence-electron chi connectivity index (χ4n) is 2.35. The number of amides is 2. The van der Waals surface area contributed by atoms with E-state index in [4.69, 9.17) is 14.2 Å². The van der Waals surface area contributed by atoms with Crippen molar-refractivity contribution in [2.45, 2.75) is 13.3 Å². The third kappa shape index (κ3) is 4.60. The molecule has 0 aliphatic heterocycles. The van der Waals surface area contributed by atoms with Gasteiger partial charge in [0.15, 0.2) is 11.5 Å². The average molecular weight is 374 g/mol. The molecule has 0 heterocycles. The van der Waals surface area contributed by atoms with E-state index in [-0.39, 0.29) is 23.2 Å². The summed E-state index contributed by atoms with van der Waals surface area (Å²) in [6.45, 7) is 1.73. The van der Waals surface area contributed by atoms with Crippen LogP contribution in [0.4, 0.5) is 11.4 Å². The van der Waals surface area contributed by atoms with Crippen LogP contribution in [0, 0.1) is 0 Å². The van der Waals surface area contributed by atoms with Gasteiger partial charge in [0.05, 0.1) is 27.0 Å². The van der Waals surface area contributed by atoms with Crippen LogP contribution in [0.5, 0.6) is 23.0 Å². The van der Waals surface area contributed by atoms with E-state index in [9.17, 15) is 14.7 Å². The number of phenolic OH excluding ortho intramolecular Hbond substituents is 1. The van der Waals surface area contributed by atoms with Crippen molar-refractivity contribution in [3.05, 3.63) is 35.9 Å². The molecule has 0 saturated heterocycles. The number of carbonyl (C=O) groups is 2. The van der Waals surface area contributed by atoms with Crippen LogP contribution in [0.3, 0.4) is 0 Å². The van der Waals surface area contributed by atoms with E-state index in [1.165, 1.54) is 39.5 Å². The number of hydrogen-bond acceptors (Lipinski definition) is 6. The molecule has 0 unspecified atom stereocenters. The van der Waals surface area contributed by atoms with E-state index in [0.29, 0.717) is 29.1 Å². The summed E-state index contributed by atoms with van der Waals surface area (Å²) in [7, 11) is 4.27. The molecule has 0 fully saturated rings. The Balaban J connectivity index is 2.30. The summed E-state index contributed by atoms with van der Waals surface area (Å²) in [6.07, 6.45) is 0.298. The molecule has 2 rings (SSSR count). The molecule has 27 heavy (non-hydrogen) atoms. The summed E-state index contributed by atoms with van der Waals surface area (Å²) in [5, 5.41) is 15.3. The Labute approximate surface area is 157 Å². The van der Waals surface area contributed by atoms with Crippen molar-refractivity contribution in [3.63, 3.8) is 0 Å². The van der Waals surface area contributed by atoms with Gasteiger partial charge in [-0.1, -0.05) is 6.92 Å². The lowest BCUT2D eigenvalue weighted by molar-refractivity contribution is -0.115. The molecule has 0 atom stereocenters. The molecule has 0 radical (unpaired) electrons. The molecule has 8 heteroatoms. The second-order valence-corrected chi connectivity index (χ2v) is 5.50. The minimum absolute atomic E-state index is 0.160. The maximum Gasteiger partial charge on any atom is 0.255 e. The third-order valence-corrected chi connectivity index (χ3v) is 3.79. The summed E-state index contributed by atoms with van der Waals surface area (Å²) in [6, 6.07) is 7.64. The second-order valence-electron chi connectivity index (χ2n) is 5.50. The fraction of sp³-hybridized carbons (Fsp3) is 0.263. The lowest BCUT2D eigenvalue weighted by atomic mass is 10.1. The van der Waals surface area contributed by atoms with Crippen LogP contribution in [0.1, 0.15) is 23.7 Å². The molecular formula is C19H22N2O6. The molecule has 0 bridgehead atoms. The van der Waals surface area contributed by atoms with E-state index in [1.807, 2.05) is 0 Å². The number of ether oxygens (including phenoxy) is 3. The number of carbonyl (C=O) groups excluding carboxylic acids is 2. The first-order valence-corrected chi connectivity index (χ1v) is 8.17. The van der Waals surface area contributed by atoms with Gasteiger partial charge in [0.2, 0.25) is 11.7 Å². The minimum atomic E-state index is -0.417. The zero-order valence-electron chi connectivity index (χ0n) is 15.6. The van der Waals surface area contributed by atoms with E-state index in [2.05, 4.69) is 10.6 Å². The van der Waals surface area contributed by atoms with Crippen molar-refractivity contribution in [1.29, 1.82) is 0 Å². The first-order valence-electron chi connectivity index (χ1n) is 8.17. The number of aromatic hydroxyl groups is 1. The van der Waals surface area contributed by atoms with Crippen LogP contribution in [-0.4, -0.2) is 38.3 Å². The third-order valence-electron chi connectivity index (χ3n) is 3.79. The van der Waals surface area contributed by atoms with Gasteiger partial charge in [-0.2, -0.15) is 0 Å². The van der Waals surface area contributed by atoms with Gasteiger partial charge in [0, 0.05) is 29.8 Å². The molecule has 144 valence electrons. The molecule has 0 aliphatic rings. The highest BCUT2D eigenvalue weighted by Crippen LogP contribution is 2.39. The molecule has 2 aromatic rings. The smallest absolute Gasteiger partial charge is 0.255 e. The van der Waals surface area contributed by atoms with Crippen LogP contribution < -0.4 is 24.8 Å². The lowest BCUT2D eigenvalue weighted by Gasteiger charge is -2.14. The molecule has 0 aromatic heterocycles. The van der Waals surface area contributed by atoms with Crippen LogP contribution in [0.15, 0.2) is 30.3 Å². The summed E-state index contributed by atoms with van der Waals surface area (Å²) in [4.78, 5) is 24.3. The highest BCUT2D eigenvalue weighted by Gasteiger charge is 2.15. The largest absolute Gasteiger partial charge is 0.502 e. The van der Waals surface area contributed by atoms with Gasteiger partial charge in [-0.3, -0.25) is 9.59 Å². The zero-order chi connectivity index (χ0) is 20.0. The first-order chi connectivity index (χ1) is 12.9. The summed E-state index contributed by atoms with van der Waals surface area (Å²) < 4.78 is 15.4. The van der Waals surface area contributed by atoms with E-state index in [0.717, 1.165) is 0 Å². The Hall–Kier alpha value is -3.42. The van der Waals surface area contributed by atoms with Crippen LogP contribution in [-0.2, 0) is 4.79 Å². The predicted octanol–water partition coefficient (Wildman–Crippen LogP) is 3.02. The number of nitrogens with one attached hydrogen (secondary N) is 2. The van der Waals surface area contributed by atoms with Gasteiger partial charge >= 0.3 is 0 Å². The van der Waals surface area contributed by atoms with Crippen LogP contribution in [0.2, 0.25) is 0 Å². The standard InChI is InChI=1S/C19H22N2O6/c1-5-17(22)21-13-8-11(6-7-14(13)25-2)19(24)20-12-9-15(26-3)18(23)16(10-12)27-4/h6-10,23H,5H2,1-4H3,(H,20,24)(H,21,22). The minimum Gasteiger partial charge on any atom is -0.502 e. The van der Waals surface area contributed by atoms with Gasteiger partial charge in [0.25, 0.3) is 5.91 Å². The highest BCUT2D eigenvalue weighted by molar-refractivity contribution is 6.06. The number of anilines is 2. The van der Waals surface area contributed by atoms with E-state index in [1.54, 1.807) is 19.1 Å². The molecule has 0 aliphatic carbocycles. The van der Waals surface area contributed by atoms with Crippen LogP contribution >= 0.6 is 0 Å². The normalized spacial score (nSPS) is 10.1. The fourth-order valence-corrected chi connectivity index (χ4v) is 2.35. The maximum absolute atomic E-state index is 12.6. The van der Waals surface area contributed by atoms with Gasteiger partial charge < -0.3 is 30.0 Å². The summed E-state index contributed by atoms with van der Waals surface area (Å²) >= 11 is 0. The molecule has 2 amide bonds. The topological polar surface area (TPSA) is 106 Å². The van der Waals surface area contributed by atoms with Crippen molar-refractivity contribution < 1.29 is 28.9 Å². The lowest BCUT2D eigenvalue weighted by Crippen LogP contribution is -2.14. The summed E-state index contributed by atoms with van der Waals surface area (Å²) in [5.74, 6) is -0.00259. The first kappa shape index (κ1) is 19.9.